The van der Waals surface area contributed by atoms with Gasteiger partial charge in [0.1, 0.15) is 6.04 Å². The van der Waals surface area contributed by atoms with Crippen LogP contribution in [0.2, 0.25) is 0 Å². The zero-order chi connectivity index (χ0) is 24.1. The molecule has 3 rings (SSSR count). The molecule has 2 aromatic rings. The second-order valence-corrected chi connectivity index (χ2v) is 7.38. The molecule has 0 spiro atoms. The van der Waals surface area contributed by atoms with Gasteiger partial charge < -0.3 is 30.9 Å². The molecule has 1 fully saturated rings. The second kappa shape index (κ2) is 9.81. The number of rotatable bonds is 7. The average molecular weight is 455 g/mol. The molecule has 1 aliphatic rings. The molecule has 0 bridgehead atoms. The Morgan fingerprint density at radius 3 is 2.21 bits per heavy atom. The number of nitrogens with zero attached hydrogens (tertiary/aromatic N) is 1. The summed E-state index contributed by atoms with van der Waals surface area (Å²) in [4.78, 5) is 60.8. The topological polar surface area (TPSA) is 173 Å². The fourth-order valence-corrected chi connectivity index (χ4v) is 3.85. The highest BCUT2D eigenvalue weighted by atomic mass is 16.4. The molecule has 3 atom stereocenters. The number of carbonyl (C=O) groups is 5. The summed E-state index contributed by atoms with van der Waals surface area (Å²) in [6, 6.07) is 10.5. The molecule has 1 heterocycles. The van der Waals surface area contributed by atoms with Gasteiger partial charge in [-0.05, 0) is 30.2 Å². The number of hydrogen-bond acceptors (Lipinski definition) is 5. The predicted molar refractivity (Wildman–Crippen MR) is 114 cm³/mol. The number of nitrogens with one attached hydrogen (secondary N) is 2. The Hall–Kier alpha value is -4.41. The van der Waals surface area contributed by atoms with E-state index in [0.717, 1.165) is 4.90 Å². The third-order valence-electron chi connectivity index (χ3n) is 5.29. The van der Waals surface area contributed by atoms with Gasteiger partial charge in [0.2, 0.25) is 5.91 Å². The number of hydrogen-bond donors (Lipinski definition) is 5. The van der Waals surface area contributed by atoms with Gasteiger partial charge in [-0.3, -0.25) is 9.59 Å². The molecule has 11 nitrogen and oxygen atoms in total. The van der Waals surface area contributed by atoms with Crippen LogP contribution in [0.1, 0.15) is 28.4 Å². The third kappa shape index (κ3) is 5.26. The number of urea groups is 1. The molecular formula is C22H21N3O8. The van der Waals surface area contributed by atoms with Crippen molar-refractivity contribution in [1.82, 2.24) is 10.2 Å². The Kier molecular flexibility index (Phi) is 6.91. The quantitative estimate of drug-likeness (QED) is 0.419. The van der Waals surface area contributed by atoms with Crippen LogP contribution in [-0.2, 0) is 14.4 Å². The number of anilines is 1. The van der Waals surface area contributed by atoms with Crippen molar-refractivity contribution in [3.63, 3.8) is 0 Å². The van der Waals surface area contributed by atoms with E-state index in [-0.39, 0.29) is 17.7 Å². The van der Waals surface area contributed by atoms with Crippen LogP contribution in [-0.4, -0.2) is 62.7 Å². The van der Waals surface area contributed by atoms with Gasteiger partial charge in [0.05, 0.1) is 24.1 Å². The number of carboxylic acids is 3. The average Bonchev–Trinajstić information content (AvgIpc) is 3.20. The first-order valence-electron chi connectivity index (χ1n) is 9.89. The fourth-order valence-electron chi connectivity index (χ4n) is 3.85. The molecule has 11 heteroatoms. The van der Waals surface area contributed by atoms with Gasteiger partial charge in [-0.2, -0.15) is 0 Å². The summed E-state index contributed by atoms with van der Waals surface area (Å²) in [6.45, 7) is -0.593. The van der Waals surface area contributed by atoms with Gasteiger partial charge in [0.25, 0.3) is 0 Å². The first-order chi connectivity index (χ1) is 15.7. The first kappa shape index (κ1) is 23.3. The maximum absolute atomic E-state index is 13.0. The highest BCUT2D eigenvalue weighted by molar-refractivity contribution is 5.95. The van der Waals surface area contributed by atoms with Gasteiger partial charge >= 0.3 is 23.9 Å². The number of likely N-dealkylation sites (tertiary alicyclic amines) is 1. The number of benzene rings is 2. The molecule has 0 saturated carbocycles. The summed E-state index contributed by atoms with van der Waals surface area (Å²) in [5.74, 6) is -5.65. The van der Waals surface area contributed by atoms with Gasteiger partial charge in [-0.1, -0.05) is 36.4 Å². The van der Waals surface area contributed by atoms with Crippen molar-refractivity contribution < 1.29 is 39.3 Å². The van der Waals surface area contributed by atoms with Crippen molar-refractivity contribution in [3.8, 4) is 0 Å². The van der Waals surface area contributed by atoms with E-state index in [4.69, 9.17) is 5.11 Å². The lowest BCUT2D eigenvalue weighted by atomic mass is 9.93. The number of carbonyl (C=O) groups excluding carboxylic acids is 2. The van der Waals surface area contributed by atoms with Crippen molar-refractivity contribution >= 4 is 35.5 Å². The molecule has 0 aliphatic carbocycles. The van der Waals surface area contributed by atoms with E-state index in [2.05, 4.69) is 10.6 Å². The maximum Gasteiger partial charge on any atom is 0.335 e. The summed E-state index contributed by atoms with van der Waals surface area (Å²) in [5.41, 5.74) is 0.602. The molecule has 0 aromatic heterocycles. The van der Waals surface area contributed by atoms with Crippen LogP contribution in [0.15, 0.2) is 54.6 Å². The van der Waals surface area contributed by atoms with E-state index in [9.17, 15) is 34.2 Å². The van der Waals surface area contributed by atoms with E-state index in [1.165, 1.54) is 24.3 Å². The highest BCUT2D eigenvalue weighted by Crippen LogP contribution is 2.41. The smallest absolute Gasteiger partial charge is 0.335 e. The van der Waals surface area contributed by atoms with Crippen LogP contribution >= 0.6 is 0 Å². The van der Waals surface area contributed by atoms with Crippen LogP contribution < -0.4 is 10.6 Å². The van der Waals surface area contributed by atoms with Crippen molar-refractivity contribution in [2.45, 2.75) is 18.5 Å². The van der Waals surface area contributed by atoms with E-state index >= 15 is 0 Å². The van der Waals surface area contributed by atoms with Gasteiger partial charge in [0, 0.05) is 5.69 Å². The summed E-state index contributed by atoms with van der Waals surface area (Å²) in [5, 5.41) is 33.0. The van der Waals surface area contributed by atoms with Crippen molar-refractivity contribution in [1.29, 1.82) is 0 Å². The molecule has 3 amide bonds. The summed E-state index contributed by atoms with van der Waals surface area (Å²) in [7, 11) is 0. The highest BCUT2D eigenvalue weighted by Gasteiger charge is 2.50. The summed E-state index contributed by atoms with van der Waals surface area (Å²) < 4.78 is 0. The fraction of sp³-hybridized carbons (Fsp3) is 0.227. The molecule has 172 valence electrons. The van der Waals surface area contributed by atoms with Crippen LogP contribution in [0.25, 0.3) is 0 Å². The lowest BCUT2D eigenvalue weighted by Gasteiger charge is -2.30. The van der Waals surface area contributed by atoms with Crippen LogP contribution in [0.5, 0.6) is 0 Å². The summed E-state index contributed by atoms with van der Waals surface area (Å²) in [6.07, 6.45) is -0.274. The molecule has 0 radical (unpaired) electrons. The molecule has 33 heavy (non-hydrogen) atoms. The van der Waals surface area contributed by atoms with Crippen LogP contribution in [0, 0.1) is 5.92 Å². The normalized spacial score (nSPS) is 19.5. The van der Waals surface area contributed by atoms with E-state index in [1.54, 1.807) is 30.3 Å². The predicted octanol–water partition coefficient (Wildman–Crippen LogP) is 1.63. The third-order valence-corrected chi connectivity index (χ3v) is 5.29. The van der Waals surface area contributed by atoms with E-state index < -0.39 is 54.4 Å². The molecule has 1 aliphatic heterocycles. The Balaban J connectivity index is 1.76. The number of carboxylic acid groups (broad SMARTS) is 3. The van der Waals surface area contributed by atoms with E-state index in [1.807, 2.05) is 0 Å². The molecule has 3 unspecified atom stereocenters. The minimum atomic E-state index is -1.37. The lowest BCUT2D eigenvalue weighted by molar-refractivity contribution is -0.149. The zero-order valence-electron chi connectivity index (χ0n) is 17.2. The summed E-state index contributed by atoms with van der Waals surface area (Å²) >= 11 is 0. The number of aliphatic carboxylic acids is 2. The Bertz CT molecular complexity index is 1090. The monoisotopic (exact) mass is 455 g/mol. The second-order valence-electron chi connectivity index (χ2n) is 7.38. The molecule has 1 saturated heterocycles. The van der Waals surface area contributed by atoms with Gasteiger partial charge in [-0.15, -0.1) is 0 Å². The number of amides is 3. The largest absolute Gasteiger partial charge is 0.481 e. The maximum atomic E-state index is 13.0. The first-order valence-corrected chi connectivity index (χ1v) is 9.89. The van der Waals surface area contributed by atoms with Crippen molar-refractivity contribution in [2.24, 2.45) is 5.92 Å². The van der Waals surface area contributed by atoms with Crippen molar-refractivity contribution in [2.75, 3.05) is 11.9 Å². The van der Waals surface area contributed by atoms with E-state index in [0.29, 0.717) is 5.56 Å². The van der Waals surface area contributed by atoms with Crippen molar-refractivity contribution in [3.05, 3.63) is 65.7 Å². The standard InChI is InChI=1S/C22H21N3O8/c26-17(11-23-22(33)24-14-8-4-7-13(9-14)19(27)28)25-16(21(31)32)10-15(20(29)30)18(25)12-5-2-1-3-6-12/h1-9,15-16,18H,10-11H2,(H,27,28)(H,29,30)(H,31,32)(H2,23,24,33). The Labute approximate surface area is 187 Å². The lowest BCUT2D eigenvalue weighted by Crippen LogP contribution is -2.47. The molecule has 2 aromatic carbocycles. The Morgan fingerprint density at radius 2 is 1.61 bits per heavy atom. The van der Waals surface area contributed by atoms with Gasteiger partial charge in [-0.25, -0.2) is 14.4 Å². The zero-order valence-corrected chi connectivity index (χ0v) is 17.2. The minimum Gasteiger partial charge on any atom is -0.481 e. The Morgan fingerprint density at radius 1 is 0.909 bits per heavy atom. The van der Waals surface area contributed by atoms with Crippen LogP contribution in [0.3, 0.4) is 0 Å². The van der Waals surface area contributed by atoms with Crippen LogP contribution in [0.4, 0.5) is 10.5 Å². The number of aromatic carboxylic acids is 1. The van der Waals surface area contributed by atoms with Gasteiger partial charge in [0.15, 0.2) is 0 Å². The minimum absolute atomic E-state index is 0.0457. The SMILES string of the molecule is O=C(NCC(=O)N1C(C(=O)O)CC(C(=O)O)C1c1ccccc1)Nc1cccc(C(=O)O)c1. The molecule has 5 N–H and O–H groups in total. The molecular weight excluding hydrogens is 434 g/mol.